The summed E-state index contributed by atoms with van der Waals surface area (Å²) in [7, 11) is 0. The lowest BCUT2D eigenvalue weighted by Gasteiger charge is -2.37. The molecule has 0 aliphatic heterocycles. The molecule has 0 radical (unpaired) electrons. The van der Waals surface area contributed by atoms with Crippen molar-refractivity contribution < 1.29 is 0 Å². The minimum absolute atomic E-state index is 0.0113. The van der Waals surface area contributed by atoms with Gasteiger partial charge >= 0.3 is 0 Å². The molecule has 23 heavy (non-hydrogen) atoms. The Labute approximate surface area is 132 Å². The second-order valence-electron chi connectivity index (χ2n) is 5.10. The average Bonchev–Trinajstić information content (AvgIpc) is 2.83. The SMILES string of the molecule is N#CC1C2=CC=CC(C#N)C2(C#N)C(C#N)(C#N)C1(C#N)C#N. The van der Waals surface area contributed by atoms with Crippen LogP contribution >= 0.6 is 0 Å². The van der Waals surface area contributed by atoms with Gasteiger partial charge in [0.25, 0.3) is 0 Å². The van der Waals surface area contributed by atoms with E-state index < -0.39 is 28.1 Å². The van der Waals surface area contributed by atoms with E-state index >= 15 is 0 Å². The Morgan fingerprint density at radius 3 is 1.78 bits per heavy atom. The summed E-state index contributed by atoms with van der Waals surface area (Å²) in [5.41, 5.74) is -6.89. The molecule has 0 aromatic heterocycles. The van der Waals surface area contributed by atoms with Crippen molar-refractivity contribution in [2.45, 2.75) is 0 Å². The fourth-order valence-corrected chi connectivity index (χ4v) is 3.48. The van der Waals surface area contributed by atoms with Crippen molar-refractivity contribution in [3.8, 4) is 42.5 Å². The summed E-state index contributed by atoms with van der Waals surface area (Å²) in [6.07, 6.45) is 4.09. The first-order chi connectivity index (χ1) is 11.0. The zero-order valence-electron chi connectivity index (χ0n) is 11.5. The van der Waals surface area contributed by atoms with E-state index in [1.54, 1.807) is 30.3 Å². The lowest BCUT2D eigenvalue weighted by Crippen LogP contribution is -2.48. The monoisotopic (exact) mass is 295 g/mol. The Kier molecular flexibility index (Phi) is 3.15. The predicted octanol–water partition coefficient (Wildman–Crippen LogP) is 1.35. The van der Waals surface area contributed by atoms with Crippen molar-refractivity contribution >= 4 is 0 Å². The highest BCUT2D eigenvalue weighted by molar-refractivity contribution is 5.61. The molecule has 2 aliphatic rings. The number of rotatable bonds is 0. The number of fused-ring (bicyclic) bond motifs is 1. The van der Waals surface area contributed by atoms with Gasteiger partial charge in [0, 0.05) is 0 Å². The molecular weight excluding hydrogens is 290 g/mol. The van der Waals surface area contributed by atoms with Crippen molar-refractivity contribution in [2.75, 3.05) is 0 Å². The second-order valence-corrected chi connectivity index (χ2v) is 5.10. The summed E-state index contributed by atoms with van der Waals surface area (Å²) < 4.78 is 0. The number of hydrogen-bond acceptors (Lipinski definition) is 7. The van der Waals surface area contributed by atoms with Crippen LogP contribution in [-0.2, 0) is 0 Å². The number of allylic oxidation sites excluding steroid dienone is 4. The summed E-state index contributed by atoms with van der Waals surface area (Å²) in [5, 5.41) is 67.1. The lowest BCUT2D eigenvalue weighted by molar-refractivity contribution is 0.193. The molecule has 0 aromatic rings. The molecule has 2 aliphatic carbocycles. The van der Waals surface area contributed by atoms with Crippen LogP contribution in [-0.4, -0.2) is 0 Å². The second kappa shape index (κ2) is 4.73. The largest absolute Gasteiger partial charge is 0.200 e. The standard InChI is InChI=1S/C16H5N7/c17-4-11-2-1-3-12-13(5-18)14(6-19,7-20)15(8-21,9-22)16(11,12)10-23/h1-3,11,13H. The predicted molar refractivity (Wildman–Crippen MR) is 70.8 cm³/mol. The molecule has 0 aromatic carbocycles. The van der Waals surface area contributed by atoms with Crippen molar-refractivity contribution in [1.82, 2.24) is 0 Å². The summed E-state index contributed by atoms with van der Waals surface area (Å²) >= 11 is 0. The Morgan fingerprint density at radius 2 is 1.39 bits per heavy atom. The fourth-order valence-electron chi connectivity index (χ4n) is 3.48. The summed E-state index contributed by atoms with van der Waals surface area (Å²) in [6, 6.07) is 11.9. The van der Waals surface area contributed by atoms with Gasteiger partial charge in [-0.25, -0.2) is 0 Å². The molecule has 0 amide bonds. The van der Waals surface area contributed by atoms with E-state index in [1.807, 2.05) is 12.1 Å². The van der Waals surface area contributed by atoms with Gasteiger partial charge in [-0.1, -0.05) is 18.2 Å². The minimum atomic E-state index is -2.46. The molecule has 7 nitrogen and oxygen atoms in total. The molecular formula is C16H5N7. The van der Waals surface area contributed by atoms with E-state index in [2.05, 4.69) is 0 Å². The summed E-state index contributed by atoms with van der Waals surface area (Å²) in [4.78, 5) is 0. The summed E-state index contributed by atoms with van der Waals surface area (Å²) in [6.45, 7) is 0. The Hall–Kier alpha value is -4.09. The van der Waals surface area contributed by atoms with E-state index in [-0.39, 0.29) is 5.57 Å². The first kappa shape index (κ1) is 15.3. The van der Waals surface area contributed by atoms with Gasteiger partial charge < -0.3 is 0 Å². The summed E-state index contributed by atoms with van der Waals surface area (Å²) in [5.74, 6) is -2.69. The van der Waals surface area contributed by atoms with Gasteiger partial charge in [-0.15, -0.1) is 0 Å². The third kappa shape index (κ3) is 1.22. The topological polar surface area (TPSA) is 167 Å². The molecule has 1 saturated carbocycles. The van der Waals surface area contributed by atoms with Gasteiger partial charge in [-0.2, -0.15) is 36.8 Å². The lowest BCUT2D eigenvalue weighted by atomic mass is 9.53. The van der Waals surface area contributed by atoms with E-state index in [0.29, 0.717) is 0 Å². The molecule has 1 fully saturated rings. The van der Waals surface area contributed by atoms with Crippen LogP contribution in [0.5, 0.6) is 0 Å². The highest BCUT2D eigenvalue weighted by Gasteiger charge is 2.80. The number of hydrogen-bond donors (Lipinski definition) is 0. The molecule has 0 saturated heterocycles. The molecule has 3 atom stereocenters. The minimum Gasteiger partial charge on any atom is -0.198 e. The van der Waals surface area contributed by atoms with Crippen LogP contribution in [0.15, 0.2) is 23.8 Å². The maximum Gasteiger partial charge on any atom is 0.200 e. The van der Waals surface area contributed by atoms with Crippen molar-refractivity contribution in [3.05, 3.63) is 23.8 Å². The molecule has 0 bridgehead atoms. The van der Waals surface area contributed by atoms with Crippen LogP contribution in [0.3, 0.4) is 0 Å². The van der Waals surface area contributed by atoms with Gasteiger partial charge in [-0.05, 0) is 5.57 Å². The van der Waals surface area contributed by atoms with E-state index in [9.17, 15) is 36.8 Å². The average molecular weight is 295 g/mol. The molecule has 0 heterocycles. The third-order valence-electron chi connectivity index (χ3n) is 4.56. The van der Waals surface area contributed by atoms with Crippen LogP contribution < -0.4 is 0 Å². The molecule has 0 N–H and O–H groups in total. The van der Waals surface area contributed by atoms with Crippen molar-refractivity contribution in [1.29, 1.82) is 36.8 Å². The molecule has 3 unspecified atom stereocenters. The van der Waals surface area contributed by atoms with Crippen LogP contribution in [0.1, 0.15) is 0 Å². The molecule has 7 heteroatoms. The van der Waals surface area contributed by atoms with Gasteiger partial charge in [0.15, 0.2) is 5.41 Å². The quantitative estimate of drug-likeness (QED) is 0.649. The Bertz CT molecular complexity index is 908. The molecule has 104 valence electrons. The van der Waals surface area contributed by atoms with Gasteiger partial charge in [-0.3, -0.25) is 0 Å². The van der Waals surface area contributed by atoms with Crippen LogP contribution in [0.4, 0.5) is 0 Å². The van der Waals surface area contributed by atoms with Crippen LogP contribution in [0.2, 0.25) is 0 Å². The Morgan fingerprint density at radius 1 is 0.783 bits per heavy atom. The van der Waals surface area contributed by atoms with Gasteiger partial charge in [0.05, 0.1) is 48.4 Å². The number of nitrogens with zero attached hydrogens (tertiary/aromatic N) is 7. The highest BCUT2D eigenvalue weighted by Crippen LogP contribution is 2.70. The fraction of sp³-hybridized carbons (Fsp3) is 0.312. The van der Waals surface area contributed by atoms with Crippen molar-refractivity contribution in [2.24, 2.45) is 28.1 Å². The maximum atomic E-state index is 9.78. The normalized spacial score (nSPS) is 31.3. The zero-order valence-corrected chi connectivity index (χ0v) is 11.5. The van der Waals surface area contributed by atoms with Gasteiger partial charge in [0.1, 0.15) is 11.3 Å². The van der Waals surface area contributed by atoms with E-state index in [0.717, 1.165) is 0 Å². The van der Waals surface area contributed by atoms with E-state index in [1.165, 1.54) is 18.2 Å². The molecule has 2 rings (SSSR count). The smallest absolute Gasteiger partial charge is 0.198 e. The van der Waals surface area contributed by atoms with Crippen LogP contribution in [0.25, 0.3) is 0 Å². The van der Waals surface area contributed by atoms with E-state index in [4.69, 9.17) is 0 Å². The van der Waals surface area contributed by atoms with Crippen molar-refractivity contribution in [3.63, 3.8) is 0 Å². The highest BCUT2D eigenvalue weighted by atomic mass is 14.8. The van der Waals surface area contributed by atoms with Crippen LogP contribution in [0, 0.1) is 107 Å². The zero-order chi connectivity index (χ0) is 17.3. The molecule has 0 spiro atoms. The Balaban J connectivity index is 3.13. The maximum absolute atomic E-state index is 9.78. The third-order valence-corrected chi connectivity index (χ3v) is 4.56. The van der Waals surface area contributed by atoms with Gasteiger partial charge in [0.2, 0.25) is 5.41 Å². The first-order valence-electron chi connectivity index (χ1n) is 6.30. The number of nitriles is 7. The first-order valence-corrected chi connectivity index (χ1v) is 6.30.